The molecule has 2 heterocycles. The molecule has 3 aromatic rings. The lowest BCUT2D eigenvalue weighted by Crippen LogP contribution is -2.12. The van der Waals surface area contributed by atoms with E-state index in [0.717, 1.165) is 21.5 Å². The fraction of sp³-hybridized carbons (Fsp3) is 0.267. The van der Waals surface area contributed by atoms with Gasteiger partial charge in [-0.3, -0.25) is 0 Å². The number of hydrogen-bond donors (Lipinski definition) is 1. The Balaban J connectivity index is 1.74. The summed E-state index contributed by atoms with van der Waals surface area (Å²) in [7, 11) is 1.89. The maximum absolute atomic E-state index is 5.78. The Kier molecular flexibility index (Phi) is 4.35. The second-order valence-electron chi connectivity index (χ2n) is 4.98. The van der Waals surface area contributed by atoms with Gasteiger partial charge in [0.1, 0.15) is 6.54 Å². The summed E-state index contributed by atoms with van der Waals surface area (Å²) in [6.07, 6.45) is 3.62. The molecular weight excluding hydrogens is 346 g/mol. The molecule has 7 heteroatoms. The normalized spacial score (nSPS) is 12.5. The van der Waals surface area contributed by atoms with Gasteiger partial charge in [0.2, 0.25) is 5.89 Å². The van der Waals surface area contributed by atoms with Crippen LogP contribution in [0.25, 0.3) is 11.3 Å². The third-order valence-corrected chi connectivity index (χ3v) is 3.94. The first-order valence-electron chi connectivity index (χ1n) is 6.93. The lowest BCUT2D eigenvalue weighted by molar-refractivity contribution is 0.469. The van der Waals surface area contributed by atoms with Gasteiger partial charge in [0.15, 0.2) is 5.76 Å². The number of hydrogen-bond acceptors (Lipinski definition) is 5. The first-order valence-corrected chi connectivity index (χ1v) is 7.73. The molecule has 0 fully saturated rings. The molecule has 0 saturated carbocycles. The van der Waals surface area contributed by atoms with Crippen molar-refractivity contribution in [2.45, 2.75) is 19.5 Å². The van der Waals surface area contributed by atoms with Gasteiger partial charge in [-0.1, -0.05) is 33.3 Å². The highest BCUT2D eigenvalue weighted by atomic mass is 79.9. The number of oxazole rings is 1. The summed E-state index contributed by atoms with van der Waals surface area (Å²) < 4.78 is 8.53. The smallest absolute Gasteiger partial charge is 0.216 e. The minimum atomic E-state index is 0.164. The largest absolute Gasteiger partial charge is 0.439 e. The maximum Gasteiger partial charge on any atom is 0.216 e. The van der Waals surface area contributed by atoms with Crippen molar-refractivity contribution in [3.8, 4) is 11.3 Å². The van der Waals surface area contributed by atoms with Crippen LogP contribution in [-0.2, 0) is 6.54 Å². The fourth-order valence-electron chi connectivity index (χ4n) is 2.01. The molecule has 1 atom stereocenters. The van der Waals surface area contributed by atoms with Gasteiger partial charge in [0.05, 0.1) is 18.1 Å². The molecule has 0 aliphatic heterocycles. The number of nitrogens with zero attached hydrogens (tertiary/aromatic N) is 4. The fourth-order valence-corrected chi connectivity index (χ4v) is 2.27. The third kappa shape index (κ3) is 3.26. The molecule has 0 aliphatic carbocycles. The lowest BCUT2D eigenvalue weighted by Gasteiger charge is -2.03. The van der Waals surface area contributed by atoms with Crippen molar-refractivity contribution in [1.29, 1.82) is 0 Å². The van der Waals surface area contributed by atoms with E-state index in [0.29, 0.717) is 12.4 Å². The van der Waals surface area contributed by atoms with Gasteiger partial charge in [-0.25, -0.2) is 9.67 Å². The van der Waals surface area contributed by atoms with E-state index in [1.54, 1.807) is 10.9 Å². The van der Waals surface area contributed by atoms with E-state index in [4.69, 9.17) is 4.42 Å². The van der Waals surface area contributed by atoms with Gasteiger partial charge < -0.3 is 9.73 Å². The average Bonchev–Trinajstić information content (AvgIpc) is 3.17. The van der Waals surface area contributed by atoms with Crippen LogP contribution < -0.4 is 5.32 Å². The summed E-state index contributed by atoms with van der Waals surface area (Å²) in [6, 6.07) is 8.07. The zero-order chi connectivity index (χ0) is 15.5. The van der Waals surface area contributed by atoms with Crippen molar-refractivity contribution in [2.24, 2.45) is 0 Å². The van der Waals surface area contributed by atoms with Gasteiger partial charge in [0, 0.05) is 16.1 Å². The first-order chi connectivity index (χ1) is 10.7. The zero-order valence-electron chi connectivity index (χ0n) is 12.3. The second-order valence-corrected chi connectivity index (χ2v) is 5.89. The molecule has 0 aliphatic rings. The van der Waals surface area contributed by atoms with Crippen LogP contribution in [0.4, 0.5) is 0 Å². The molecule has 1 unspecified atom stereocenters. The van der Waals surface area contributed by atoms with E-state index in [-0.39, 0.29) is 6.04 Å². The number of benzene rings is 1. The van der Waals surface area contributed by atoms with E-state index in [2.05, 4.69) is 36.5 Å². The van der Waals surface area contributed by atoms with E-state index < -0.39 is 0 Å². The van der Waals surface area contributed by atoms with E-state index in [9.17, 15) is 0 Å². The molecular formula is C15H16BrN5O. The Labute approximate surface area is 136 Å². The summed E-state index contributed by atoms with van der Waals surface area (Å²) in [5.41, 5.74) is 1.88. The van der Waals surface area contributed by atoms with Crippen molar-refractivity contribution < 1.29 is 4.42 Å². The molecule has 3 rings (SSSR count). The van der Waals surface area contributed by atoms with Gasteiger partial charge in [-0.05, 0) is 26.1 Å². The van der Waals surface area contributed by atoms with Crippen LogP contribution in [0.3, 0.4) is 0 Å². The van der Waals surface area contributed by atoms with Crippen LogP contribution in [0.1, 0.15) is 24.6 Å². The lowest BCUT2D eigenvalue weighted by atomic mass is 10.2. The zero-order valence-corrected chi connectivity index (χ0v) is 13.9. The highest BCUT2D eigenvalue weighted by Crippen LogP contribution is 2.22. The van der Waals surface area contributed by atoms with Crippen LogP contribution in [-0.4, -0.2) is 27.0 Å². The SMILES string of the molecule is CNC(C)c1cn(Cc2ncc(-c3ccc(Br)cc3)o2)nn1. The summed E-state index contributed by atoms with van der Waals surface area (Å²) in [6.45, 7) is 2.49. The van der Waals surface area contributed by atoms with Crippen molar-refractivity contribution in [3.05, 3.63) is 52.7 Å². The van der Waals surface area contributed by atoms with Gasteiger partial charge >= 0.3 is 0 Å². The Hall–Kier alpha value is -1.99. The van der Waals surface area contributed by atoms with Crippen LogP contribution in [0.2, 0.25) is 0 Å². The Morgan fingerprint density at radius 2 is 2.09 bits per heavy atom. The molecule has 0 saturated heterocycles. The molecule has 0 radical (unpaired) electrons. The predicted octanol–water partition coefficient (Wildman–Crippen LogP) is 3.02. The molecule has 0 spiro atoms. The Morgan fingerprint density at radius 1 is 1.32 bits per heavy atom. The van der Waals surface area contributed by atoms with Gasteiger partial charge in [-0.15, -0.1) is 5.10 Å². The van der Waals surface area contributed by atoms with Gasteiger partial charge in [0.25, 0.3) is 0 Å². The van der Waals surface area contributed by atoms with E-state index in [1.165, 1.54) is 0 Å². The number of rotatable bonds is 5. The maximum atomic E-state index is 5.78. The van der Waals surface area contributed by atoms with Crippen LogP contribution in [0, 0.1) is 0 Å². The molecule has 114 valence electrons. The minimum absolute atomic E-state index is 0.164. The van der Waals surface area contributed by atoms with Crippen LogP contribution in [0.5, 0.6) is 0 Å². The van der Waals surface area contributed by atoms with Crippen molar-refractivity contribution in [2.75, 3.05) is 7.05 Å². The molecule has 1 N–H and O–H groups in total. The first kappa shape index (κ1) is 14.9. The molecule has 6 nitrogen and oxygen atoms in total. The highest BCUT2D eigenvalue weighted by Gasteiger charge is 2.11. The van der Waals surface area contributed by atoms with Crippen molar-refractivity contribution in [1.82, 2.24) is 25.3 Å². The summed E-state index contributed by atoms with van der Waals surface area (Å²) in [4.78, 5) is 4.30. The van der Waals surface area contributed by atoms with Crippen LogP contribution in [0.15, 0.2) is 45.5 Å². The standard InChI is InChI=1S/C15H16BrN5O/c1-10(17-2)13-8-21(20-19-13)9-15-18-7-14(22-15)11-3-5-12(16)6-4-11/h3-8,10,17H,9H2,1-2H3. The number of nitrogens with one attached hydrogen (secondary N) is 1. The summed E-state index contributed by atoms with van der Waals surface area (Å²) in [5.74, 6) is 1.35. The number of halogens is 1. The summed E-state index contributed by atoms with van der Waals surface area (Å²) in [5, 5.41) is 11.4. The Morgan fingerprint density at radius 3 is 2.82 bits per heavy atom. The molecule has 1 aromatic carbocycles. The van der Waals surface area contributed by atoms with Crippen LogP contribution >= 0.6 is 15.9 Å². The highest BCUT2D eigenvalue weighted by molar-refractivity contribution is 9.10. The molecule has 22 heavy (non-hydrogen) atoms. The van der Waals surface area contributed by atoms with Crippen molar-refractivity contribution in [3.63, 3.8) is 0 Å². The van der Waals surface area contributed by atoms with E-state index in [1.807, 2.05) is 44.4 Å². The number of aromatic nitrogens is 4. The van der Waals surface area contributed by atoms with E-state index >= 15 is 0 Å². The summed E-state index contributed by atoms with van der Waals surface area (Å²) >= 11 is 3.42. The minimum Gasteiger partial charge on any atom is -0.439 e. The van der Waals surface area contributed by atoms with Crippen molar-refractivity contribution >= 4 is 15.9 Å². The topological polar surface area (TPSA) is 68.8 Å². The quantitative estimate of drug-likeness (QED) is 0.756. The molecule has 0 amide bonds. The van der Waals surface area contributed by atoms with Gasteiger partial charge in [-0.2, -0.15) is 0 Å². The Bertz CT molecular complexity index is 749. The second kappa shape index (κ2) is 6.41. The predicted molar refractivity (Wildman–Crippen MR) is 86.2 cm³/mol. The molecule has 0 bridgehead atoms. The monoisotopic (exact) mass is 361 g/mol. The average molecular weight is 362 g/mol. The third-order valence-electron chi connectivity index (χ3n) is 3.41. The molecule has 2 aromatic heterocycles.